The number of carbonyl (C=O) groups is 1. The normalized spacial score (nSPS) is 19.0. The van der Waals surface area contributed by atoms with E-state index in [0.29, 0.717) is 18.0 Å². The minimum Gasteiger partial charge on any atom is -0.511 e. The maximum atomic E-state index is 13.3. The van der Waals surface area contributed by atoms with Crippen molar-refractivity contribution in [1.82, 2.24) is 4.98 Å². The van der Waals surface area contributed by atoms with Crippen LogP contribution in [0.25, 0.3) is 10.2 Å². The van der Waals surface area contributed by atoms with E-state index in [-0.39, 0.29) is 34.2 Å². The van der Waals surface area contributed by atoms with E-state index in [1.165, 1.54) is 23.1 Å². The highest BCUT2D eigenvalue weighted by Crippen LogP contribution is 2.46. The lowest BCUT2D eigenvalue weighted by Gasteiger charge is -2.40. The molecule has 1 aliphatic heterocycles. The molecule has 1 aromatic heterocycles. The Balaban J connectivity index is 1.65. The highest BCUT2D eigenvalue weighted by molar-refractivity contribution is 8.04. The zero-order valence-electron chi connectivity index (χ0n) is 20.7. The number of cyclic esters (lactones) is 1. The summed E-state index contributed by atoms with van der Waals surface area (Å²) in [6, 6.07) is 11.0. The Morgan fingerprint density at radius 3 is 2.49 bits per heavy atom. The lowest BCUT2D eigenvalue weighted by molar-refractivity contribution is -0.164. The first-order valence-corrected chi connectivity index (χ1v) is 13.3. The van der Waals surface area contributed by atoms with Gasteiger partial charge in [-0.1, -0.05) is 69.9 Å². The number of nitrogen functional groups attached to an aromatic ring is 1. The average Bonchev–Trinajstić information content (AvgIpc) is 3.13. The number of phenolic OH excluding ortho intramolecular Hbond substituents is 1. The molecule has 0 saturated carbocycles. The van der Waals surface area contributed by atoms with Crippen LogP contribution in [-0.4, -0.2) is 26.8 Å². The van der Waals surface area contributed by atoms with Crippen LogP contribution in [0.3, 0.4) is 0 Å². The number of aryl methyl sites for hydroxylation is 1. The number of hydrogen-bond acceptors (Lipinski definition) is 8. The topological polar surface area (TPSA) is 106 Å². The molecule has 6 nitrogen and oxygen atoms in total. The minimum absolute atomic E-state index is 0.0129. The van der Waals surface area contributed by atoms with Gasteiger partial charge in [0.2, 0.25) is 0 Å². The molecule has 3 aromatic rings. The van der Waals surface area contributed by atoms with Crippen molar-refractivity contribution in [3.8, 4) is 5.75 Å². The van der Waals surface area contributed by atoms with Crippen LogP contribution < -0.4 is 5.73 Å². The number of aromatic hydroxyl groups is 1. The molecule has 4 N–H and O–H groups in total. The molecular formula is C27H32N2O4S2. The first kappa shape index (κ1) is 25.4. The SMILES string of the molecule is CC(C)C1(CCc2ccc(O)cc2)CC(O)=C(Sc2cc3sc(N)nc3cc2C(C)(C)C)C(=O)O1. The molecule has 0 radical (unpaired) electrons. The van der Waals surface area contributed by atoms with E-state index in [4.69, 9.17) is 10.5 Å². The van der Waals surface area contributed by atoms with E-state index >= 15 is 0 Å². The lowest BCUT2D eigenvalue weighted by atomic mass is 9.80. The third-order valence-corrected chi connectivity index (χ3v) is 8.57. The number of aliphatic hydroxyl groups excluding tert-OH is 1. The number of hydrogen-bond donors (Lipinski definition) is 3. The lowest BCUT2D eigenvalue weighted by Crippen LogP contribution is -2.44. The Bertz CT molecular complexity index is 1290. The number of anilines is 1. The Morgan fingerprint density at radius 1 is 1.20 bits per heavy atom. The molecule has 35 heavy (non-hydrogen) atoms. The molecule has 1 unspecified atom stereocenters. The molecule has 186 valence electrons. The Hall–Kier alpha value is -2.71. The summed E-state index contributed by atoms with van der Waals surface area (Å²) in [4.78, 5) is 18.8. The van der Waals surface area contributed by atoms with Gasteiger partial charge in [0.25, 0.3) is 0 Å². The fourth-order valence-electron chi connectivity index (χ4n) is 4.37. The summed E-state index contributed by atoms with van der Waals surface area (Å²) in [6.45, 7) is 10.3. The standard InChI is InChI=1S/C27H32N2O4S2/c1-15(2)27(11-10-16-6-8-17(30)9-7-16)14-20(31)23(24(32)33-27)34-21-13-22-19(29-25(28)35-22)12-18(21)26(3,4)5/h6-9,12-13,15,30-31H,10-11,14H2,1-5H3,(H2,28,29). The fraction of sp³-hybridized carbons (Fsp3) is 0.407. The number of carbonyl (C=O) groups excluding carboxylic acids is 1. The van der Waals surface area contributed by atoms with Gasteiger partial charge in [0, 0.05) is 11.3 Å². The molecule has 0 fully saturated rings. The van der Waals surface area contributed by atoms with Crippen molar-refractivity contribution in [2.24, 2.45) is 5.92 Å². The van der Waals surface area contributed by atoms with Gasteiger partial charge in [-0.05, 0) is 59.6 Å². The predicted octanol–water partition coefficient (Wildman–Crippen LogP) is 6.72. The monoisotopic (exact) mass is 512 g/mol. The summed E-state index contributed by atoms with van der Waals surface area (Å²) in [6.07, 6.45) is 1.50. The minimum atomic E-state index is -0.800. The van der Waals surface area contributed by atoms with Gasteiger partial charge >= 0.3 is 5.97 Å². The van der Waals surface area contributed by atoms with Gasteiger partial charge in [-0.2, -0.15) is 0 Å². The molecule has 0 saturated heterocycles. The molecule has 0 bridgehead atoms. The number of thioether (sulfide) groups is 1. The zero-order chi connectivity index (χ0) is 25.5. The Labute approximate surface area is 214 Å². The number of esters is 1. The van der Waals surface area contributed by atoms with Crippen molar-refractivity contribution >= 4 is 44.4 Å². The number of fused-ring (bicyclic) bond motifs is 1. The number of aliphatic hydroxyl groups is 1. The molecule has 0 spiro atoms. The van der Waals surface area contributed by atoms with E-state index in [9.17, 15) is 15.0 Å². The number of nitrogens with zero attached hydrogens (tertiary/aromatic N) is 1. The molecule has 4 rings (SSSR count). The van der Waals surface area contributed by atoms with E-state index in [1.54, 1.807) is 12.1 Å². The Kier molecular flexibility index (Phi) is 6.81. The molecule has 0 amide bonds. The van der Waals surface area contributed by atoms with Gasteiger partial charge < -0.3 is 20.7 Å². The van der Waals surface area contributed by atoms with Crippen molar-refractivity contribution in [1.29, 1.82) is 0 Å². The van der Waals surface area contributed by atoms with Crippen LogP contribution >= 0.6 is 23.1 Å². The van der Waals surface area contributed by atoms with Gasteiger partial charge in [0.15, 0.2) is 5.13 Å². The maximum absolute atomic E-state index is 13.3. The first-order valence-electron chi connectivity index (χ1n) is 11.7. The summed E-state index contributed by atoms with van der Waals surface area (Å²) >= 11 is 2.65. The van der Waals surface area contributed by atoms with Crippen LogP contribution in [-0.2, 0) is 21.4 Å². The number of nitrogens with two attached hydrogens (primary N) is 1. The molecule has 1 aliphatic rings. The summed E-state index contributed by atoms with van der Waals surface area (Å²) in [5.74, 6) is -0.206. The zero-order valence-corrected chi connectivity index (χ0v) is 22.3. The van der Waals surface area contributed by atoms with E-state index < -0.39 is 11.6 Å². The number of benzene rings is 2. The average molecular weight is 513 g/mol. The van der Waals surface area contributed by atoms with Crippen LogP contribution in [0.5, 0.6) is 5.75 Å². The number of ether oxygens (including phenoxy) is 1. The second-order valence-corrected chi connectivity index (χ2v) is 12.6. The van der Waals surface area contributed by atoms with E-state index in [0.717, 1.165) is 26.2 Å². The van der Waals surface area contributed by atoms with E-state index in [2.05, 4.69) is 25.8 Å². The summed E-state index contributed by atoms with van der Waals surface area (Å²) in [7, 11) is 0. The van der Waals surface area contributed by atoms with Crippen LogP contribution in [0.1, 0.15) is 58.6 Å². The van der Waals surface area contributed by atoms with Gasteiger partial charge in [-0.3, -0.25) is 0 Å². The van der Waals surface area contributed by atoms with Crippen molar-refractivity contribution in [3.63, 3.8) is 0 Å². The van der Waals surface area contributed by atoms with Crippen LogP contribution in [0, 0.1) is 5.92 Å². The smallest absolute Gasteiger partial charge is 0.349 e. The molecule has 0 aliphatic carbocycles. The number of phenols is 1. The van der Waals surface area contributed by atoms with Crippen molar-refractivity contribution in [2.45, 2.75) is 69.8 Å². The highest BCUT2D eigenvalue weighted by Gasteiger charge is 2.44. The summed E-state index contributed by atoms with van der Waals surface area (Å²) < 4.78 is 7.03. The predicted molar refractivity (Wildman–Crippen MR) is 143 cm³/mol. The molecule has 2 heterocycles. The Morgan fingerprint density at radius 2 is 1.89 bits per heavy atom. The fourth-order valence-corrected chi connectivity index (χ4v) is 6.39. The number of aromatic nitrogens is 1. The quantitative estimate of drug-likeness (QED) is 0.315. The van der Waals surface area contributed by atoms with Crippen molar-refractivity contribution in [3.05, 3.63) is 58.2 Å². The van der Waals surface area contributed by atoms with Crippen LogP contribution in [0.15, 0.2) is 52.0 Å². The van der Waals surface area contributed by atoms with Gasteiger partial charge in [0.1, 0.15) is 22.0 Å². The molecule has 1 atom stereocenters. The van der Waals surface area contributed by atoms with Crippen molar-refractivity contribution in [2.75, 3.05) is 5.73 Å². The molecule has 8 heteroatoms. The first-order chi connectivity index (χ1) is 16.4. The number of thiazole rings is 1. The second kappa shape index (κ2) is 9.39. The molecular weight excluding hydrogens is 480 g/mol. The van der Waals surface area contributed by atoms with Gasteiger partial charge in [-0.15, -0.1) is 0 Å². The van der Waals surface area contributed by atoms with Gasteiger partial charge in [-0.25, -0.2) is 9.78 Å². The van der Waals surface area contributed by atoms with E-state index in [1.807, 2.05) is 38.1 Å². The summed E-state index contributed by atoms with van der Waals surface area (Å²) in [5.41, 5.74) is 7.83. The van der Waals surface area contributed by atoms with Crippen molar-refractivity contribution < 1.29 is 19.7 Å². The third kappa shape index (κ3) is 5.28. The largest absolute Gasteiger partial charge is 0.511 e. The van der Waals surface area contributed by atoms with Gasteiger partial charge in [0.05, 0.1) is 10.2 Å². The molecule has 2 aromatic carbocycles. The number of rotatable bonds is 6. The summed E-state index contributed by atoms with van der Waals surface area (Å²) in [5, 5.41) is 21.2. The maximum Gasteiger partial charge on any atom is 0.349 e. The second-order valence-electron chi connectivity index (χ2n) is 10.4. The highest BCUT2D eigenvalue weighted by atomic mass is 32.2. The van der Waals surface area contributed by atoms with Crippen LogP contribution in [0.2, 0.25) is 0 Å². The van der Waals surface area contributed by atoms with Crippen LogP contribution in [0.4, 0.5) is 5.13 Å². The third-order valence-electron chi connectivity index (χ3n) is 6.56.